The summed E-state index contributed by atoms with van der Waals surface area (Å²) in [5.41, 5.74) is 0.270. The van der Waals surface area contributed by atoms with Crippen LogP contribution < -0.4 is 0 Å². The summed E-state index contributed by atoms with van der Waals surface area (Å²) in [6.07, 6.45) is 2.61. The molecule has 0 saturated heterocycles. The van der Waals surface area contributed by atoms with Gasteiger partial charge >= 0.3 is 6.09 Å². The minimum atomic E-state index is -0.973. The van der Waals surface area contributed by atoms with Gasteiger partial charge in [-0.3, -0.25) is 4.79 Å². The van der Waals surface area contributed by atoms with E-state index >= 15 is 0 Å². The van der Waals surface area contributed by atoms with E-state index in [4.69, 9.17) is 4.74 Å². The fourth-order valence-corrected chi connectivity index (χ4v) is 3.33. The van der Waals surface area contributed by atoms with E-state index in [0.29, 0.717) is 0 Å². The lowest BCUT2D eigenvalue weighted by Crippen LogP contribution is -2.53. The van der Waals surface area contributed by atoms with E-state index in [-0.39, 0.29) is 18.1 Å². The fourth-order valence-electron chi connectivity index (χ4n) is 3.33. The van der Waals surface area contributed by atoms with Crippen molar-refractivity contribution >= 4 is 17.8 Å². The molecule has 0 radical (unpaired) electrons. The van der Waals surface area contributed by atoms with Crippen LogP contribution in [-0.2, 0) is 14.3 Å². The molecule has 26 heavy (non-hydrogen) atoms. The average Bonchev–Trinajstić information content (AvgIpc) is 2.79. The number of hydrogen-bond acceptors (Lipinski definition) is 4. The first-order valence-corrected chi connectivity index (χ1v) is 8.76. The zero-order valence-corrected chi connectivity index (χ0v) is 16.3. The highest BCUT2D eigenvalue weighted by atomic mass is 16.6. The van der Waals surface area contributed by atoms with Crippen molar-refractivity contribution in [2.75, 3.05) is 0 Å². The van der Waals surface area contributed by atoms with Crippen LogP contribution in [0.3, 0.4) is 0 Å². The molecule has 140 valence electrons. The van der Waals surface area contributed by atoms with Crippen molar-refractivity contribution in [3.8, 4) is 0 Å². The molecule has 0 unspecified atom stereocenters. The second-order valence-corrected chi connectivity index (χ2v) is 8.09. The Morgan fingerprint density at radius 2 is 1.92 bits per heavy atom. The van der Waals surface area contributed by atoms with Gasteiger partial charge in [-0.1, -0.05) is 35.9 Å². The first kappa shape index (κ1) is 19.9. The predicted octanol–water partition coefficient (Wildman–Crippen LogP) is 4.15. The number of benzene rings is 1. The largest absolute Gasteiger partial charge is 0.443 e. The Hall–Kier alpha value is -2.43. The molecule has 0 fully saturated rings. The molecule has 2 rings (SSSR count). The Kier molecular flexibility index (Phi) is 5.40. The molecule has 1 aromatic carbocycles. The van der Waals surface area contributed by atoms with E-state index in [1.165, 1.54) is 13.0 Å². The minimum absolute atomic E-state index is 0.00498. The van der Waals surface area contributed by atoms with Crippen molar-refractivity contribution in [3.05, 3.63) is 47.5 Å². The first-order valence-electron chi connectivity index (χ1n) is 8.76. The van der Waals surface area contributed by atoms with Crippen LogP contribution in [0.2, 0.25) is 0 Å². The average molecular weight is 357 g/mol. The van der Waals surface area contributed by atoms with Crippen molar-refractivity contribution in [1.29, 1.82) is 0 Å². The molecule has 0 bridgehead atoms. The normalized spacial score (nSPS) is 21.0. The number of amides is 2. The first-order chi connectivity index (χ1) is 11.9. The number of hydrogen-bond donors (Lipinski definition) is 0. The van der Waals surface area contributed by atoms with Gasteiger partial charge in [-0.2, -0.15) is 0 Å². The number of imide groups is 1. The van der Waals surface area contributed by atoms with Crippen LogP contribution in [0.1, 0.15) is 58.1 Å². The van der Waals surface area contributed by atoms with E-state index < -0.39 is 23.1 Å². The molecule has 1 heterocycles. The number of rotatable bonds is 4. The van der Waals surface area contributed by atoms with Crippen LogP contribution >= 0.6 is 0 Å². The van der Waals surface area contributed by atoms with Gasteiger partial charge in [0.25, 0.3) is 5.91 Å². The maximum Gasteiger partial charge on any atom is 0.418 e. The monoisotopic (exact) mass is 357 g/mol. The van der Waals surface area contributed by atoms with E-state index in [0.717, 1.165) is 16.0 Å². The highest BCUT2D eigenvalue weighted by Crippen LogP contribution is 2.41. The summed E-state index contributed by atoms with van der Waals surface area (Å²) in [7, 11) is 0. The summed E-state index contributed by atoms with van der Waals surface area (Å²) in [6.45, 7) is 10.5. The summed E-state index contributed by atoms with van der Waals surface area (Å²) in [5, 5.41) is 0. The maximum absolute atomic E-state index is 12.7. The lowest BCUT2D eigenvalue weighted by Gasteiger charge is -2.40. The molecule has 0 spiro atoms. The smallest absolute Gasteiger partial charge is 0.418 e. The molecule has 1 aliphatic heterocycles. The van der Waals surface area contributed by atoms with Crippen LogP contribution in [0.25, 0.3) is 0 Å². The van der Waals surface area contributed by atoms with Crippen molar-refractivity contribution in [2.24, 2.45) is 0 Å². The molecule has 0 aromatic heterocycles. The maximum atomic E-state index is 12.7. The van der Waals surface area contributed by atoms with Gasteiger partial charge in [-0.25, -0.2) is 9.69 Å². The second kappa shape index (κ2) is 7.06. The van der Waals surface area contributed by atoms with Crippen LogP contribution in [0.4, 0.5) is 4.79 Å². The van der Waals surface area contributed by atoms with Gasteiger partial charge in [0.2, 0.25) is 0 Å². The summed E-state index contributed by atoms with van der Waals surface area (Å²) < 4.78 is 5.44. The number of aryl methyl sites for hydroxylation is 1. The van der Waals surface area contributed by atoms with E-state index in [1.807, 2.05) is 31.2 Å². The third kappa shape index (κ3) is 4.21. The van der Waals surface area contributed by atoms with Crippen molar-refractivity contribution in [1.82, 2.24) is 4.90 Å². The second-order valence-electron chi connectivity index (χ2n) is 8.09. The fraction of sp³-hybridized carbons (Fsp3) is 0.476. The number of carbonyl (C=O) groups is 3. The van der Waals surface area contributed by atoms with Gasteiger partial charge < -0.3 is 9.53 Å². The van der Waals surface area contributed by atoms with E-state index in [9.17, 15) is 14.4 Å². The standard InChI is InChI=1S/C21H27NO4/c1-14-8-7-9-16(12-14)17(13-15(2)23)21(6)11-10-18(24)22(21)19(25)26-20(3,4)5/h7-12,17H,13H2,1-6H3/t17-,21-/m0/s1. The number of ketones is 1. The molecular weight excluding hydrogens is 330 g/mol. The van der Waals surface area contributed by atoms with Gasteiger partial charge in [0, 0.05) is 18.4 Å². The summed E-state index contributed by atoms with van der Waals surface area (Å²) >= 11 is 0. The lowest BCUT2D eigenvalue weighted by molar-refractivity contribution is -0.129. The van der Waals surface area contributed by atoms with Crippen LogP contribution in [-0.4, -0.2) is 33.8 Å². The number of Topliss-reactive ketones (excluding diaryl/α,β-unsaturated/α-hetero) is 1. The van der Waals surface area contributed by atoms with E-state index in [1.54, 1.807) is 33.8 Å². The quantitative estimate of drug-likeness (QED) is 0.812. The number of nitrogens with zero attached hydrogens (tertiary/aromatic N) is 1. The van der Waals surface area contributed by atoms with Crippen LogP contribution in [0.15, 0.2) is 36.4 Å². The van der Waals surface area contributed by atoms with Crippen LogP contribution in [0.5, 0.6) is 0 Å². The Morgan fingerprint density at radius 1 is 1.27 bits per heavy atom. The van der Waals surface area contributed by atoms with Crippen molar-refractivity contribution < 1.29 is 19.1 Å². The SMILES string of the molecule is CC(=O)C[C@@H](c1cccc(C)c1)[C@]1(C)C=CC(=O)N1C(=O)OC(C)(C)C. The zero-order valence-electron chi connectivity index (χ0n) is 16.3. The van der Waals surface area contributed by atoms with Gasteiger partial charge in [-0.15, -0.1) is 0 Å². The third-order valence-corrected chi connectivity index (χ3v) is 4.48. The zero-order chi connectivity index (χ0) is 19.7. The Balaban J connectivity index is 2.49. The molecule has 1 aliphatic rings. The lowest BCUT2D eigenvalue weighted by atomic mass is 9.77. The van der Waals surface area contributed by atoms with Gasteiger partial charge in [0.1, 0.15) is 11.4 Å². The topological polar surface area (TPSA) is 63.7 Å². The Bertz CT molecular complexity index is 760. The highest BCUT2D eigenvalue weighted by Gasteiger charge is 2.49. The third-order valence-electron chi connectivity index (χ3n) is 4.48. The number of carbonyl (C=O) groups excluding carboxylic acids is 3. The van der Waals surface area contributed by atoms with E-state index in [2.05, 4.69) is 0 Å². The molecule has 2 atom stereocenters. The Morgan fingerprint density at radius 3 is 2.46 bits per heavy atom. The van der Waals surface area contributed by atoms with Gasteiger partial charge in [0.15, 0.2) is 0 Å². The number of ether oxygens (including phenoxy) is 1. The summed E-state index contributed by atoms with van der Waals surface area (Å²) in [4.78, 5) is 38.3. The Labute approximate surface area is 155 Å². The molecule has 0 N–H and O–H groups in total. The molecule has 5 heteroatoms. The molecule has 2 amide bonds. The molecule has 0 aliphatic carbocycles. The van der Waals surface area contributed by atoms with Crippen molar-refractivity contribution in [3.63, 3.8) is 0 Å². The summed E-state index contributed by atoms with van der Waals surface area (Å²) in [6, 6.07) is 7.80. The molecule has 5 nitrogen and oxygen atoms in total. The highest BCUT2D eigenvalue weighted by molar-refractivity contribution is 6.02. The predicted molar refractivity (Wildman–Crippen MR) is 99.8 cm³/mol. The molecular formula is C21H27NO4. The molecule has 0 saturated carbocycles. The van der Waals surface area contributed by atoms with Crippen LogP contribution in [0, 0.1) is 6.92 Å². The minimum Gasteiger partial charge on any atom is -0.443 e. The molecule has 1 aromatic rings. The summed E-state index contributed by atoms with van der Waals surface area (Å²) in [5.74, 6) is -0.785. The van der Waals surface area contributed by atoms with Gasteiger partial charge in [-0.05, 0) is 47.1 Å². The van der Waals surface area contributed by atoms with Crippen molar-refractivity contribution in [2.45, 2.75) is 65.0 Å². The van der Waals surface area contributed by atoms with Gasteiger partial charge in [0.05, 0.1) is 5.54 Å².